The van der Waals surface area contributed by atoms with Crippen LogP contribution in [0.2, 0.25) is 13.1 Å². The van der Waals surface area contributed by atoms with E-state index < -0.39 is 7.38 Å². The molecule has 0 radical (unpaired) electrons. The molecule has 0 aliphatic rings. The number of esters is 1. The minimum atomic E-state index is -1.88. The molecule has 4 heteroatoms. The molecule has 0 amide bonds. The van der Waals surface area contributed by atoms with Gasteiger partial charge in [0.2, 0.25) is 0 Å². The fraction of sp³-hybridized carbons (Fsp3) is 0.625. The Morgan fingerprint density at radius 1 is 1.75 bits per heavy atom. The summed E-state index contributed by atoms with van der Waals surface area (Å²) in [4.78, 5) is 10.9. The van der Waals surface area contributed by atoms with Gasteiger partial charge in [0.15, 0.2) is 7.38 Å². The summed E-state index contributed by atoms with van der Waals surface area (Å²) in [7, 11) is -1.88. The molecule has 0 bridgehead atoms. The van der Waals surface area contributed by atoms with Gasteiger partial charge < -0.3 is 4.74 Å². The first-order valence-electron chi connectivity index (χ1n) is 3.93. The average molecular weight is 207 g/mol. The lowest BCUT2D eigenvalue weighted by Crippen LogP contribution is -2.38. The fourth-order valence-corrected chi connectivity index (χ4v) is 2.86. The Balaban J connectivity index is 4.18. The van der Waals surface area contributed by atoms with Crippen LogP contribution in [-0.2, 0) is 9.53 Å². The van der Waals surface area contributed by atoms with Gasteiger partial charge in [-0.2, -0.15) is 11.1 Å². The van der Waals surface area contributed by atoms with E-state index in [-0.39, 0.29) is 11.7 Å². The molecule has 0 aliphatic carbocycles. The van der Waals surface area contributed by atoms with Crippen molar-refractivity contribution in [2.45, 2.75) is 32.2 Å². The second kappa shape index (κ2) is 4.67. The van der Waals surface area contributed by atoms with E-state index in [0.717, 1.165) is 6.42 Å². The van der Waals surface area contributed by atoms with Crippen LogP contribution in [0.25, 0.3) is 0 Å². The summed E-state index contributed by atoms with van der Waals surface area (Å²) in [6, 6.07) is 0. The summed E-state index contributed by atoms with van der Waals surface area (Å²) in [5.74, 6) is -0.386. The summed E-state index contributed by atoms with van der Waals surface area (Å²) in [6.45, 7) is 9.20. The molecule has 0 fully saturated rings. The highest BCUT2D eigenvalue weighted by atomic mass is 35.6. The molecule has 0 aromatic carbocycles. The second-order valence-corrected chi connectivity index (χ2v) is 9.80. The zero-order valence-electron chi connectivity index (χ0n) is 7.76. The molecule has 0 spiro atoms. The topological polar surface area (TPSA) is 26.3 Å². The lowest BCUT2D eigenvalue weighted by Gasteiger charge is -2.24. The van der Waals surface area contributed by atoms with E-state index in [1.807, 2.05) is 20.0 Å². The van der Waals surface area contributed by atoms with Gasteiger partial charge in [-0.3, -0.25) is 0 Å². The molecule has 12 heavy (non-hydrogen) atoms. The van der Waals surface area contributed by atoms with Crippen molar-refractivity contribution in [1.29, 1.82) is 0 Å². The van der Waals surface area contributed by atoms with E-state index in [9.17, 15) is 4.79 Å². The molecule has 0 saturated heterocycles. The highest BCUT2D eigenvalue weighted by Gasteiger charge is 2.31. The quantitative estimate of drug-likeness (QED) is 0.306. The molecule has 1 unspecified atom stereocenters. The van der Waals surface area contributed by atoms with E-state index in [4.69, 9.17) is 15.8 Å². The van der Waals surface area contributed by atoms with Crippen molar-refractivity contribution >= 4 is 24.4 Å². The van der Waals surface area contributed by atoms with Gasteiger partial charge in [0.25, 0.3) is 0 Å². The van der Waals surface area contributed by atoms with Crippen LogP contribution in [0.5, 0.6) is 0 Å². The Labute approximate surface area is 79.3 Å². The molecule has 0 heterocycles. The molecular weight excluding hydrogens is 192 g/mol. The molecule has 0 aliphatic heterocycles. The van der Waals surface area contributed by atoms with Gasteiger partial charge in [-0.05, 0) is 6.42 Å². The maximum absolute atomic E-state index is 10.9. The molecule has 0 rings (SSSR count). The average Bonchev–Trinajstić information content (AvgIpc) is 1.97. The number of hydrogen-bond acceptors (Lipinski definition) is 2. The Morgan fingerprint density at radius 2 is 2.25 bits per heavy atom. The molecule has 1 atom stereocenters. The monoisotopic (exact) mass is 206 g/mol. The van der Waals surface area contributed by atoms with Crippen LogP contribution in [0.15, 0.2) is 12.7 Å². The summed E-state index contributed by atoms with van der Waals surface area (Å²) in [5.41, 5.74) is -0.121. The number of ether oxygens (including phenoxy) is 1. The van der Waals surface area contributed by atoms with E-state index in [1.54, 1.807) is 0 Å². The lowest BCUT2D eigenvalue weighted by atomic mass is 10.5. The molecule has 2 nitrogen and oxygen atoms in total. The third kappa shape index (κ3) is 3.92. The van der Waals surface area contributed by atoms with Crippen LogP contribution in [0.4, 0.5) is 0 Å². The van der Waals surface area contributed by atoms with Gasteiger partial charge in [0, 0.05) is 6.08 Å². The normalized spacial score (nSPS) is 13.7. The minimum Gasteiger partial charge on any atom is -0.462 e. The number of hydrogen-bond donors (Lipinski definition) is 0. The molecule has 0 N–H and O–H groups in total. The third-order valence-electron chi connectivity index (χ3n) is 1.56. The number of rotatable bonds is 4. The number of carbonyl (C=O) groups is 1. The van der Waals surface area contributed by atoms with E-state index in [2.05, 4.69) is 6.58 Å². The van der Waals surface area contributed by atoms with Crippen molar-refractivity contribution in [3.63, 3.8) is 0 Å². The van der Waals surface area contributed by atoms with Crippen molar-refractivity contribution < 1.29 is 9.53 Å². The van der Waals surface area contributed by atoms with E-state index in [1.165, 1.54) is 6.08 Å². The van der Waals surface area contributed by atoms with Gasteiger partial charge >= 0.3 is 5.97 Å². The molecule has 0 aromatic heterocycles. The third-order valence-corrected chi connectivity index (χ3v) is 4.35. The maximum atomic E-state index is 10.9. The zero-order chi connectivity index (χ0) is 9.78. The summed E-state index contributed by atoms with van der Waals surface area (Å²) in [6.07, 6.45) is 1.93. The van der Waals surface area contributed by atoms with Gasteiger partial charge in [0.1, 0.15) is 5.73 Å². The molecule has 0 saturated carbocycles. The largest absolute Gasteiger partial charge is 0.462 e. The summed E-state index contributed by atoms with van der Waals surface area (Å²) < 4.78 is 5.09. The Hall–Kier alpha value is -0.283. The van der Waals surface area contributed by atoms with Gasteiger partial charge in [0.05, 0.1) is 0 Å². The van der Waals surface area contributed by atoms with Crippen molar-refractivity contribution in [1.82, 2.24) is 0 Å². The molecule has 0 aromatic rings. The Morgan fingerprint density at radius 3 is 2.50 bits per heavy atom. The predicted octanol–water partition coefficient (Wildman–Crippen LogP) is 2.48. The minimum absolute atomic E-state index is 0.121. The van der Waals surface area contributed by atoms with Crippen molar-refractivity contribution in [2.24, 2.45) is 0 Å². The van der Waals surface area contributed by atoms with Crippen molar-refractivity contribution in [2.75, 3.05) is 0 Å². The molecule has 70 valence electrons. The van der Waals surface area contributed by atoms with E-state index in [0.29, 0.717) is 0 Å². The summed E-state index contributed by atoms with van der Waals surface area (Å²) in [5, 5.41) is 0. The first-order chi connectivity index (χ1) is 5.41. The number of halogens is 1. The smallest absolute Gasteiger partial charge is 0.330 e. The number of carbonyl (C=O) groups excluding carboxylic acids is 1. The van der Waals surface area contributed by atoms with Crippen LogP contribution >= 0.6 is 11.1 Å². The van der Waals surface area contributed by atoms with Crippen molar-refractivity contribution in [3.8, 4) is 0 Å². The maximum Gasteiger partial charge on any atom is 0.330 e. The zero-order valence-corrected chi connectivity index (χ0v) is 9.52. The van der Waals surface area contributed by atoms with Gasteiger partial charge in [-0.1, -0.05) is 26.6 Å². The lowest BCUT2D eigenvalue weighted by molar-refractivity contribution is -0.139. The van der Waals surface area contributed by atoms with Crippen LogP contribution in [0, 0.1) is 0 Å². The van der Waals surface area contributed by atoms with Crippen LogP contribution in [0.3, 0.4) is 0 Å². The predicted molar refractivity (Wildman–Crippen MR) is 53.7 cm³/mol. The van der Waals surface area contributed by atoms with Crippen molar-refractivity contribution in [3.05, 3.63) is 12.7 Å². The molecular formula is C8H15ClO2Si. The van der Waals surface area contributed by atoms with Gasteiger partial charge in [-0.25, -0.2) is 4.79 Å². The SMILES string of the molecule is C=CC(=O)OC(CC)[Si](C)(C)Cl. The first-order valence-corrected chi connectivity index (χ1v) is 8.02. The Kier molecular flexibility index (Phi) is 4.56. The highest BCUT2D eigenvalue weighted by Crippen LogP contribution is 2.19. The van der Waals surface area contributed by atoms with Crippen LogP contribution in [-0.4, -0.2) is 19.1 Å². The van der Waals surface area contributed by atoms with Gasteiger partial charge in [-0.15, -0.1) is 0 Å². The second-order valence-electron chi connectivity index (χ2n) is 3.10. The summed E-state index contributed by atoms with van der Waals surface area (Å²) >= 11 is 6.13. The Bertz CT molecular complexity index is 174. The van der Waals surface area contributed by atoms with Crippen LogP contribution in [0.1, 0.15) is 13.3 Å². The first kappa shape index (κ1) is 11.7. The highest BCUT2D eigenvalue weighted by molar-refractivity contribution is 7.19. The fourth-order valence-electron chi connectivity index (χ4n) is 0.897. The van der Waals surface area contributed by atoms with Crippen LogP contribution < -0.4 is 0 Å². The van der Waals surface area contributed by atoms with E-state index >= 15 is 0 Å². The standard InChI is InChI=1S/C8H15ClO2Si/c1-5-7(10)11-8(6-2)12(3,4)9/h5,8H,1,6H2,2-4H3.